The minimum Gasteiger partial charge on any atom is -0.460 e. The van der Waals surface area contributed by atoms with E-state index in [2.05, 4.69) is 0 Å². The molecular weight excluding hydrogens is 366 g/mol. The molecule has 1 aliphatic heterocycles. The van der Waals surface area contributed by atoms with Gasteiger partial charge in [-0.3, -0.25) is 14.4 Å². The summed E-state index contributed by atoms with van der Waals surface area (Å²) in [4.78, 5) is 51.7. The second kappa shape index (κ2) is 8.10. The Morgan fingerprint density at radius 1 is 1.14 bits per heavy atom. The minimum absolute atomic E-state index is 0.0238. The second-order valence-corrected chi connectivity index (χ2v) is 7.01. The summed E-state index contributed by atoms with van der Waals surface area (Å²) in [5.41, 5.74) is -0.984. The molecule has 1 heterocycles. The number of hydrogen-bond donors (Lipinski definition) is 0. The Morgan fingerprint density at radius 3 is 2.50 bits per heavy atom. The molecule has 0 N–H and O–H groups in total. The van der Waals surface area contributed by atoms with Gasteiger partial charge in [-0.05, 0) is 17.9 Å². The number of hydrogen-bond acceptors (Lipinski definition) is 7. The maximum atomic E-state index is 13.3. The third kappa shape index (κ3) is 3.28. The summed E-state index contributed by atoms with van der Waals surface area (Å²) < 4.78 is 15.6. The first-order chi connectivity index (χ1) is 13.4. The molecule has 0 unspecified atom stereocenters. The molecule has 2 amide bonds. The molecule has 1 saturated carbocycles. The molecule has 1 aromatic rings. The van der Waals surface area contributed by atoms with Gasteiger partial charge < -0.3 is 14.2 Å². The molecule has 3 rings (SSSR count). The van der Waals surface area contributed by atoms with E-state index in [4.69, 9.17) is 14.2 Å². The molecule has 1 saturated heterocycles. The van der Waals surface area contributed by atoms with E-state index in [1.807, 2.05) is 18.2 Å². The van der Waals surface area contributed by atoms with Crippen molar-refractivity contribution in [2.24, 2.45) is 11.3 Å². The molecule has 8 heteroatoms. The van der Waals surface area contributed by atoms with Crippen molar-refractivity contribution >= 4 is 23.8 Å². The fraction of sp³-hybridized carbons (Fsp3) is 0.500. The summed E-state index contributed by atoms with van der Waals surface area (Å²) in [5, 5.41) is 0. The Labute approximate surface area is 162 Å². The van der Waals surface area contributed by atoms with Crippen LogP contribution in [-0.4, -0.2) is 55.5 Å². The van der Waals surface area contributed by atoms with E-state index in [-0.39, 0.29) is 31.8 Å². The van der Waals surface area contributed by atoms with Gasteiger partial charge in [0, 0.05) is 26.5 Å². The van der Waals surface area contributed by atoms with Crippen LogP contribution >= 0.6 is 0 Å². The van der Waals surface area contributed by atoms with Crippen LogP contribution in [0.5, 0.6) is 0 Å². The van der Waals surface area contributed by atoms with E-state index >= 15 is 0 Å². The van der Waals surface area contributed by atoms with Crippen LogP contribution < -0.4 is 0 Å². The molecule has 0 bridgehead atoms. The first-order valence-corrected chi connectivity index (χ1v) is 9.10. The van der Waals surface area contributed by atoms with Gasteiger partial charge in [0.05, 0.1) is 13.2 Å². The van der Waals surface area contributed by atoms with Crippen molar-refractivity contribution in [3.63, 3.8) is 0 Å². The lowest BCUT2D eigenvalue weighted by atomic mass is 9.60. The molecule has 0 spiro atoms. The number of likely N-dealkylation sites (tertiary alicyclic amines) is 1. The number of methoxy groups -OCH3 is 2. The summed E-state index contributed by atoms with van der Waals surface area (Å²) in [5.74, 6) is -2.18. The third-order valence-electron chi connectivity index (χ3n) is 5.57. The number of rotatable bonds is 4. The van der Waals surface area contributed by atoms with Gasteiger partial charge in [-0.2, -0.15) is 0 Å². The molecule has 3 atom stereocenters. The summed E-state index contributed by atoms with van der Waals surface area (Å²) in [7, 11) is 2.51. The van der Waals surface area contributed by atoms with Gasteiger partial charge in [-0.15, -0.1) is 0 Å². The molecule has 1 aliphatic carbocycles. The van der Waals surface area contributed by atoms with Crippen molar-refractivity contribution in [1.29, 1.82) is 0 Å². The molecule has 8 nitrogen and oxygen atoms in total. The predicted molar refractivity (Wildman–Crippen MR) is 95.9 cm³/mol. The van der Waals surface area contributed by atoms with E-state index in [9.17, 15) is 19.2 Å². The number of Topliss-reactive ketones (excluding diaryl/α,β-unsaturated/α-hetero) is 1. The summed E-state index contributed by atoms with van der Waals surface area (Å²) in [6.45, 7) is 0.0532. The van der Waals surface area contributed by atoms with Gasteiger partial charge in [-0.25, -0.2) is 9.69 Å². The lowest BCUT2D eigenvalue weighted by Gasteiger charge is -2.49. The van der Waals surface area contributed by atoms with Crippen LogP contribution in [0.15, 0.2) is 30.3 Å². The van der Waals surface area contributed by atoms with Gasteiger partial charge in [0.15, 0.2) is 5.41 Å². The van der Waals surface area contributed by atoms with E-state index in [0.29, 0.717) is 6.42 Å². The summed E-state index contributed by atoms with van der Waals surface area (Å²) in [6, 6.07) is 9.05. The topological polar surface area (TPSA) is 99.2 Å². The van der Waals surface area contributed by atoms with Crippen molar-refractivity contribution in [2.75, 3.05) is 20.8 Å². The van der Waals surface area contributed by atoms with E-state index in [1.165, 1.54) is 14.2 Å². The lowest BCUT2D eigenvalue weighted by molar-refractivity contribution is -0.192. The number of ketones is 1. The molecule has 150 valence electrons. The number of benzene rings is 1. The number of esters is 1. The SMILES string of the molecule is COC(=O)N1CC[C@@H]2CC(=O)C[C@H](OC)[C@]2(C(=O)OCc2ccccc2)C1=O. The smallest absolute Gasteiger partial charge is 0.416 e. The predicted octanol–water partition coefficient (Wildman–Crippen LogP) is 1.71. The molecule has 0 radical (unpaired) electrons. The van der Waals surface area contributed by atoms with Crippen molar-refractivity contribution in [1.82, 2.24) is 4.90 Å². The van der Waals surface area contributed by atoms with Gasteiger partial charge >= 0.3 is 12.1 Å². The number of imide groups is 1. The van der Waals surface area contributed by atoms with Crippen LogP contribution in [-0.2, 0) is 35.2 Å². The van der Waals surface area contributed by atoms with Crippen LogP contribution in [0, 0.1) is 11.3 Å². The standard InChI is InChI=1S/C20H23NO7/c1-26-16-11-15(22)10-14-8-9-21(19(25)27-2)17(23)20(14,16)18(24)28-12-13-6-4-3-5-7-13/h3-7,14,16H,8-12H2,1-2H3/t14-,16+,20+/m1/s1. The highest BCUT2D eigenvalue weighted by atomic mass is 16.6. The largest absolute Gasteiger partial charge is 0.460 e. The van der Waals surface area contributed by atoms with Crippen LogP contribution in [0.2, 0.25) is 0 Å². The Balaban J connectivity index is 1.96. The first kappa shape index (κ1) is 20.0. The Bertz CT molecular complexity index is 766. The van der Waals surface area contributed by atoms with Gasteiger partial charge in [0.25, 0.3) is 5.91 Å². The van der Waals surface area contributed by atoms with Gasteiger partial charge in [0.2, 0.25) is 0 Å². The number of piperidine rings is 1. The van der Waals surface area contributed by atoms with Crippen molar-refractivity contribution in [2.45, 2.75) is 32.0 Å². The minimum atomic E-state index is -1.75. The quantitative estimate of drug-likeness (QED) is 0.571. The highest BCUT2D eigenvalue weighted by Gasteiger charge is 2.65. The maximum Gasteiger partial charge on any atom is 0.416 e. The monoisotopic (exact) mass is 389 g/mol. The van der Waals surface area contributed by atoms with E-state index in [1.54, 1.807) is 12.1 Å². The highest BCUT2D eigenvalue weighted by molar-refractivity contribution is 6.10. The molecule has 0 aromatic heterocycles. The second-order valence-electron chi connectivity index (χ2n) is 7.01. The summed E-state index contributed by atoms with van der Waals surface area (Å²) in [6.07, 6.45) is -1.56. The number of fused-ring (bicyclic) bond motifs is 1. The van der Waals surface area contributed by atoms with Crippen LogP contribution in [0.1, 0.15) is 24.8 Å². The zero-order valence-electron chi connectivity index (χ0n) is 15.9. The number of nitrogens with zero attached hydrogens (tertiary/aromatic N) is 1. The van der Waals surface area contributed by atoms with E-state index in [0.717, 1.165) is 10.5 Å². The van der Waals surface area contributed by atoms with Crippen LogP contribution in [0.25, 0.3) is 0 Å². The van der Waals surface area contributed by atoms with Crippen LogP contribution in [0.4, 0.5) is 4.79 Å². The molecular formula is C20H23NO7. The maximum absolute atomic E-state index is 13.3. The number of ether oxygens (including phenoxy) is 3. The Morgan fingerprint density at radius 2 is 1.86 bits per heavy atom. The van der Waals surface area contributed by atoms with Gasteiger partial charge in [-0.1, -0.05) is 30.3 Å². The molecule has 2 fully saturated rings. The third-order valence-corrected chi connectivity index (χ3v) is 5.57. The average Bonchev–Trinajstić information content (AvgIpc) is 2.71. The van der Waals surface area contributed by atoms with Crippen molar-refractivity contribution in [3.8, 4) is 0 Å². The normalized spacial score (nSPS) is 27.1. The molecule has 2 aliphatic rings. The van der Waals surface area contributed by atoms with E-state index < -0.39 is 35.4 Å². The van der Waals surface area contributed by atoms with Gasteiger partial charge in [0.1, 0.15) is 12.4 Å². The zero-order chi connectivity index (χ0) is 20.3. The summed E-state index contributed by atoms with van der Waals surface area (Å²) >= 11 is 0. The number of amides is 2. The first-order valence-electron chi connectivity index (χ1n) is 9.10. The molecule has 1 aromatic carbocycles. The van der Waals surface area contributed by atoms with Crippen LogP contribution in [0.3, 0.4) is 0 Å². The fourth-order valence-corrected chi connectivity index (χ4v) is 4.18. The number of carbonyl (C=O) groups is 4. The Kier molecular flexibility index (Phi) is 5.79. The average molecular weight is 389 g/mol. The fourth-order valence-electron chi connectivity index (χ4n) is 4.18. The van der Waals surface area contributed by atoms with Crippen molar-refractivity contribution < 1.29 is 33.4 Å². The number of carbonyl (C=O) groups excluding carboxylic acids is 4. The zero-order valence-corrected chi connectivity index (χ0v) is 15.9. The Hall–Kier alpha value is -2.74. The molecule has 28 heavy (non-hydrogen) atoms. The van der Waals surface area contributed by atoms with Crippen molar-refractivity contribution in [3.05, 3.63) is 35.9 Å². The highest BCUT2D eigenvalue weighted by Crippen LogP contribution is 2.48. The lowest BCUT2D eigenvalue weighted by Crippen LogP contribution is -2.66.